The molecule has 174 valence electrons. The van der Waals surface area contributed by atoms with Crippen molar-refractivity contribution in [3.8, 4) is 0 Å². The third-order valence-electron chi connectivity index (χ3n) is 5.67. The van der Waals surface area contributed by atoms with E-state index in [2.05, 4.69) is 27.0 Å². The highest BCUT2D eigenvalue weighted by atomic mass is 16.4. The summed E-state index contributed by atoms with van der Waals surface area (Å²) in [5, 5.41) is 16.9. The van der Waals surface area contributed by atoms with Crippen LogP contribution < -0.4 is 0 Å². The maximum Gasteiger partial charge on any atom is 0.414 e. The van der Waals surface area contributed by atoms with E-state index in [4.69, 9.17) is 19.8 Å². The largest absolute Gasteiger partial charge is 0.473 e. The minimum Gasteiger partial charge on any atom is -0.473 e. The topological polar surface area (TPSA) is 127 Å². The summed E-state index contributed by atoms with van der Waals surface area (Å²) < 4.78 is 0. The zero-order chi connectivity index (χ0) is 24.1. The van der Waals surface area contributed by atoms with Gasteiger partial charge in [0.05, 0.1) is 17.6 Å². The van der Waals surface area contributed by atoms with Gasteiger partial charge in [0.25, 0.3) is 5.91 Å². The third kappa shape index (κ3) is 5.21. The zero-order valence-electron chi connectivity index (χ0n) is 18.3. The third-order valence-corrected chi connectivity index (χ3v) is 5.67. The van der Waals surface area contributed by atoms with Crippen molar-refractivity contribution in [1.29, 1.82) is 0 Å². The molecular weight excluding hydrogens is 436 g/mol. The molecule has 0 spiro atoms. The average Bonchev–Trinajstić information content (AvgIpc) is 3.26. The molecule has 1 aliphatic heterocycles. The Morgan fingerprint density at radius 1 is 0.824 bits per heavy atom. The standard InChI is InChI=1S/C23H22N4O.C2H2O4/c28-23(19-9-5-7-17-6-1-2-8-18(17)19)27-14-12-26(13-15-27)16-22-24-20-10-3-4-11-21(20)25-22;3-1(4)2(5)6/h1-11H,12-16H2,(H,24,25);(H,3,4)(H,5,6). The summed E-state index contributed by atoms with van der Waals surface area (Å²) in [5.74, 6) is -2.54. The molecule has 3 aromatic carbocycles. The second-order valence-electron chi connectivity index (χ2n) is 7.91. The molecule has 5 rings (SSSR count). The van der Waals surface area contributed by atoms with Gasteiger partial charge in [0, 0.05) is 31.7 Å². The molecule has 0 atom stereocenters. The van der Waals surface area contributed by atoms with Gasteiger partial charge in [-0.2, -0.15) is 0 Å². The number of nitrogens with zero attached hydrogens (tertiary/aromatic N) is 3. The number of H-pyrrole nitrogens is 1. The van der Waals surface area contributed by atoms with E-state index in [0.717, 1.165) is 65.9 Å². The lowest BCUT2D eigenvalue weighted by atomic mass is 10.0. The summed E-state index contributed by atoms with van der Waals surface area (Å²) in [6.45, 7) is 3.97. The first-order valence-electron chi connectivity index (χ1n) is 10.8. The van der Waals surface area contributed by atoms with Gasteiger partial charge in [0.1, 0.15) is 5.82 Å². The number of piperazine rings is 1. The van der Waals surface area contributed by atoms with Gasteiger partial charge in [0.15, 0.2) is 0 Å². The number of para-hydroxylation sites is 2. The van der Waals surface area contributed by atoms with Crippen molar-refractivity contribution in [2.75, 3.05) is 26.2 Å². The van der Waals surface area contributed by atoms with Crippen LogP contribution in [0.3, 0.4) is 0 Å². The van der Waals surface area contributed by atoms with Crippen LogP contribution in [0.2, 0.25) is 0 Å². The minimum absolute atomic E-state index is 0.125. The number of hydrogen-bond donors (Lipinski definition) is 3. The molecule has 0 aliphatic carbocycles. The highest BCUT2D eigenvalue weighted by molar-refractivity contribution is 6.27. The van der Waals surface area contributed by atoms with Gasteiger partial charge >= 0.3 is 11.9 Å². The number of aliphatic carboxylic acids is 2. The van der Waals surface area contributed by atoms with Crippen molar-refractivity contribution in [3.63, 3.8) is 0 Å². The monoisotopic (exact) mass is 460 g/mol. The fourth-order valence-corrected chi connectivity index (χ4v) is 3.98. The zero-order valence-corrected chi connectivity index (χ0v) is 18.3. The Labute approximate surface area is 195 Å². The molecule has 0 saturated carbocycles. The first-order valence-corrected chi connectivity index (χ1v) is 10.8. The van der Waals surface area contributed by atoms with Crippen LogP contribution in [0.15, 0.2) is 66.7 Å². The Morgan fingerprint density at radius 3 is 2.18 bits per heavy atom. The quantitative estimate of drug-likeness (QED) is 0.401. The van der Waals surface area contributed by atoms with Crippen LogP contribution in [0.25, 0.3) is 21.8 Å². The molecule has 3 N–H and O–H groups in total. The molecule has 34 heavy (non-hydrogen) atoms. The van der Waals surface area contributed by atoms with E-state index in [0.29, 0.717) is 0 Å². The molecule has 9 nitrogen and oxygen atoms in total. The highest BCUT2D eigenvalue weighted by Crippen LogP contribution is 2.21. The van der Waals surface area contributed by atoms with Crippen LogP contribution in [0, 0.1) is 0 Å². The van der Waals surface area contributed by atoms with Gasteiger partial charge in [0.2, 0.25) is 0 Å². The van der Waals surface area contributed by atoms with E-state index >= 15 is 0 Å². The number of amides is 1. The molecular formula is C25H24N4O5. The van der Waals surface area contributed by atoms with E-state index in [1.54, 1.807) is 0 Å². The molecule has 0 radical (unpaired) electrons. The molecule has 1 fully saturated rings. The Kier molecular flexibility index (Phi) is 6.84. The molecule has 1 aromatic heterocycles. The van der Waals surface area contributed by atoms with Gasteiger partial charge in [-0.25, -0.2) is 14.6 Å². The second-order valence-corrected chi connectivity index (χ2v) is 7.91. The van der Waals surface area contributed by atoms with Gasteiger partial charge < -0.3 is 20.1 Å². The number of imidazole rings is 1. The predicted octanol–water partition coefficient (Wildman–Crippen LogP) is 2.83. The van der Waals surface area contributed by atoms with Crippen molar-refractivity contribution in [2.45, 2.75) is 6.54 Å². The number of carbonyl (C=O) groups excluding carboxylic acids is 1. The lowest BCUT2D eigenvalue weighted by Gasteiger charge is -2.34. The van der Waals surface area contributed by atoms with E-state index in [1.165, 1.54) is 0 Å². The normalized spacial score (nSPS) is 13.9. The molecule has 9 heteroatoms. The van der Waals surface area contributed by atoms with Crippen LogP contribution in [0.5, 0.6) is 0 Å². The first-order chi connectivity index (χ1) is 16.4. The van der Waals surface area contributed by atoms with E-state index < -0.39 is 11.9 Å². The number of carboxylic acid groups (broad SMARTS) is 2. The fraction of sp³-hybridized carbons (Fsp3) is 0.200. The van der Waals surface area contributed by atoms with Crippen LogP contribution in [0.1, 0.15) is 16.2 Å². The van der Waals surface area contributed by atoms with Gasteiger partial charge in [-0.05, 0) is 29.0 Å². The summed E-state index contributed by atoms with van der Waals surface area (Å²) in [5.41, 5.74) is 2.87. The Bertz CT molecular complexity index is 1290. The molecule has 2 heterocycles. The number of carboxylic acids is 2. The summed E-state index contributed by atoms with van der Waals surface area (Å²) in [7, 11) is 0. The maximum absolute atomic E-state index is 13.1. The summed E-state index contributed by atoms with van der Waals surface area (Å²) in [4.78, 5) is 43.7. The van der Waals surface area contributed by atoms with Crippen LogP contribution in [-0.2, 0) is 16.1 Å². The van der Waals surface area contributed by atoms with Gasteiger partial charge in [-0.3, -0.25) is 9.69 Å². The minimum atomic E-state index is -1.82. The van der Waals surface area contributed by atoms with Crippen LogP contribution >= 0.6 is 0 Å². The Morgan fingerprint density at radius 2 is 1.47 bits per heavy atom. The summed E-state index contributed by atoms with van der Waals surface area (Å²) in [6.07, 6.45) is 0. The summed E-state index contributed by atoms with van der Waals surface area (Å²) in [6, 6.07) is 22.1. The number of aromatic nitrogens is 2. The second kappa shape index (κ2) is 10.1. The SMILES string of the molecule is O=C(O)C(=O)O.O=C(c1cccc2ccccc12)N1CCN(Cc2nc3ccccc3[nH]2)CC1. The number of hydrogen-bond acceptors (Lipinski definition) is 5. The number of benzene rings is 3. The fourth-order valence-electron chi connectivity index (χ4n) is 3.98. The number of aromatic amines is 1. The number of fused-ring (bicyclic) bond motifs is 2. The number of nitrogens with one attached hydrogen (secondary N) is 1. The maximum atomic E-state index is 13.1. The van der Waals surface area contributed by atoms with Gasteiger partial charge in [-0.1, -0.05) is 48.5 Å². The van der Waals surface area contributed by atoms with Crippen molar-refractivity contribution in [1.82, 2.24) is 19.8 Å². The van der Waals surface area contributed by atoms with Crippen molar-refractivity contribution >= 4 is 39.7 Å². The molecule has 1 aliphatic rings. The summed E-state index contributed by atoms with van der Waals surface area (Å²) >= 11 is 0. The Balaban J connectivity index is 0.000000408. The smallest absolute Gasteiger partial charge is 0.414 e. The number of carbonyl (C=O) groups is 3. The molecule has 4 aromatic rings. The van der Waals surface area contributed by atoms with Crippen LogP contribution in [0.4, 0.5) is 0 Å². The van der Waals surface area contributed by atoms with Crippen molar-refractivity contribution < 1.29 is 24.6 Å². The van der Waals surface area contributed by atoms with E-state index in [-0.39, 0.29) is 5.91 Å². The van der Waals surface area contributed by atoms with E-state index in [1.807, 2.05) is 59.5 Å². The lowest BCUT2D eigenvalue weighted by molar-refractivity contribution is -0.159. The van der Waals surface area contributed by atoms with Gasteiger partial charge in [-0.15, -0.1) is 0 Å². The highest BCUT2D eigenvalue weighted by Gasteiger charge is 2.23. The van der Waals surface area contributed by atoms with E-state index in [9.17, 15) is 4.79 Å². The molecule has 1 amide bonds. The molecule has 0 unspecified atom stereocenters. The number of rotatable bonds is 3. The Hall–Kier alpha value is -4.24. The molecule has 1 saturated heterocycles. The predicted molar refractivity (Wildman–Crippen MR) is 126 cm³/mol. The first kappa shape index (κ1) is 22.9. The lowest BCUT2D eigenvalue weighted by Crippen LogP contribution is -2.48. The average molecular weight is 460 g/mol. The van der Waals surface area contributed by atoms with Crippen molar-refractivity contribution in [2.24, 2.45) is 0 Å². The van der Waals surface area contributed by atoms with Crippen LogP contribution in [-0.4, -0.2) is 74.0 Å². The molecule has 0 bridgehead atoms. The van der Waals surface area contributed by atoms with Crippen molar-refractivity contribution in [3.05, 3.63) is 78.1 Å².